The maximum absolute atomic E-state index is 12.3. The van der Waals surface area contributed by atoms with Gasteiger partial charge in [-0.1, -0.05) is 41.4 Å². The van der Waals surface area contributed by atoms with Crippen LogP contribution in [0.3, 0.4) is 0 Å². The van der Waals surface area contributed by atoms with Gasteiger partial charge < -0.3 is 20.1 Å². The highest BCUT2D eigenvalue weighted by molar-refractivity contribution is 9.10. The SMILES string of the molecule is CCCCOc1ccc(NC(=O)C(=O)N/N=C\c2cccc(OCC(=O)Nc3ccc(Br)cc3C)c2)cc1. The van der Waals surface area contributed by atoms with Crippen LogP contribution in [0.15, 0.2) is 76.3 Å². The molecule has 3 N–H and O–H groups in total. The number of hydrogen-bond donors (Lipinski definition) is 3. The summed E-state index contributed by atoms with van der Waals surface area (Å²) < 4.78 is 12.1. The second-order valence-electron chi connectivity index (χ2n) is 8.25. The molecule has 0 heterocycles. The third-order valence-electron chi connectivity index (χ3n) is 5.16. The van der Waals surface area contributed by atoms with E-state index in [4.69, 9.17) is 9.47 Å². The van der Waals surface area contributed by atoms with Gasteiger partial charge in [-0.3, -0.25) is 14.4 Å². The van der Waals surface area contributed by atoms with Crippen molar-refractivity contribution in [3.05, 3.63) is 82.3 Å². The first kappa shape index (κ1) is 28.4. The van der Waals surface area contributed by atoms with Crippen molar-refractivity contribution in [3.8, 4) is 11.5 Å². The molecule has 10 heteroatoms. The lowest BCUT2D eigenvalue weighted by atomic mass is 10.2. The Labute approximate surface area is 229 Å². The van der Waals surface area contributed by atoms with E-state index < -0.39 is 11.8 Å². The monoisotopic (exact) mass is 580 g/mol. The lowest BCUT2D eigenvalue weighted by molar-refractivity contribution is -0.136. The van der Waals surface area contributed by atoms with Crippen molar-refractivity contribution in [3.63, 3.8) is 0 Å². The molecule has 3 rings (SSSR count). The minimum atomic E-state index is -0.920. The molecule has 0 aliphatic rings. The normalized spacial score (nSPS) is 10.6. The molecule has 0 fully saturated rings. The summed E-state index contributed by atoms with van der Waals surface area (Å²) >= 11 is 3.39. The van der Waals surface area contributed by atoms with Crippen LogP contribution in [0.4, 0.5) is 11.4 Å². The number of anilines is 2. The van der Waals surface area contributed by atoms with Crippen LogP contribution in [0, 0.1) is 6.92 Å². The van der Waals surface area contributed by atoms with E-state index in [0.717, 1.165) is 22.9 Å². The predicted molar refractivity (Wildman–Crippen MR) is 151 cm³/mol. The molecule has 0 saturated carbocycles. The molecule has 3 amide bonds. The summed E-state index contributed by atoms with van der Waals surface area (Å²) in [7, 11) is 0. The molecular formula is C28H29BrN4O5. The Balaban J connectivity index is 1.44. The molecule has 0 aromatic heterocycles. The van der Waals surface area contributed by atoms with Gasteiger partial charge in [-0.15, -0.1) is 0 Å². The van der Waals surface area contributed by atoms with Gasteiger partial charge in [0.2, 0.25) is 0 Å². The fourth-order valence-electron chi connectivity index (χ4n) is 3.16. The van der Waals surface area contributed by atoms with Crippen molar-refractivity contribution in [2.24, 2.45) is 5.10 Å². The van der Waals surface area contributed by atoms with E-state index in [1.54, 1.807) is 48.5 Å². The predicted octanol–water partition coefficient (Wildman–Crippen LogP) is 5.04. The van der Waals surface area contributed by atoms with Crippen molar-refractivity contribution in [1.82, 2.24) is 5.43 Å². The number of halogens is 1. The molecular weight excluding hydrogens is 552 g/mol. The first-order valence-corrected chi connectivity index (χ1v) is 12.8. The van der Waals surface area contributed by atoms with Gasteiger partial charge in [-0.05, 0) is 79.1 Å². The fraction of sp³-hybridized carbons (Fsp3) is 0.214. The number of hydrogen-bond acceptors (Lipinski definition) is 6. The molecule has 9 nitrogen and oxygen atoms in total. The highest BCUT2D eigenvalue weighted by Gasteiger charge is 2.13. The third kappa shape index (κ3) is 9.36. The minimum absolute atomic E-state index is 0.182. The first-order valence-electron chi connectivity index (χ1n) is 12.0. The molecule has 0 saturated heterocycles. The molecule has 0 radical (unpaired) electrons. The largest absolute Gasteiger partial charge is 0.494 e. The smallest absolute Gasteiger partial charge is 0.329 e. The molecule has 0 atom stereocenters. The number of ether oxygens (including phenoxy) is 2. The highest BCUT2D eigenvalue weighted by Crippen LogP contribution is 2.20. The van der Waals surface area contributed by atoms with Crippen molar-refractivity contribution in [1.29, 1.82) is 0 Å². The Bertz CT molecular complexity index is 1290. The summed E-state index contributed by atoms with van der Waals surface area (Å²) in [6.45, 7) is 4.42. The molecule has 0 bridgehead atoms. The Hall–Kier alpha value is -4.18. The number of nitrogens with one attached hydrogen (secondary N) is 3. The van der Waals surface area contributed by atoms with Gasteiger partial charge in [0.1, 0.15) is 11.5 Å². The highest BCUT2D eigenvalue weighted by atomic mass is 79.9. The number of hydrazone groups is 1. The van der Waals surface area contributed by atoms with Crippen molar-refractivity contribution in [2.45, 2.75) is 26.7 Å². The number of unbranched alkanes of at least 4 members (excludes halogenated alkanes) is 1. The van der Waals surface area contributed by atoms with Crippen LogP contribution >= 0.6 is 15.9 Å². The molecule has 0 spiro atoms. The zero-order valence-corrected chi connectivity index (χ0v) is 22.7. The van der Waals surface area contributed by atoms with Crippen LogP contribution in [0.25, 0.3) is 0 Å². The van der Waals surface area contributed by atoms with Crippen LogP contribution in [0.5, 0.6) is 11.5 Å². The van der Waals surface area contributed by atoms with E-state index in [1.807, 2.05) is 25.1 Å². The number of benzene rings is 3. The summed E-state index contributed by atoms with van der Waals surface area (Å²) in [5.74, 6) is -0.936. The van der Waals surface area contributed by atoms with Gasteiger partial charge in [0, 0.05) is 15.8 Å². The van der Waals surface area contributed by atoms with Crippen LogP contribution < -0.4 is 25.5 Å². The van der Waals surface area contributed by atoms with Gasteiger partial charge in [-0.2, -0.15) is 5.10 Å². The number of rotatable bonds is 11. The second kappa shape index (κ2) is 14.5. The van der Waals surface area contributed by atoms with Gasteiger partial charge in [0.05, 0.1) is 12.8 Å². The maximum atomic E-state index is 12.3. The summed E-state index contributed by atoms with van der Waals surface area (Å²) in [5, 5.41) is 9.14. The zero-order chi connectivity index (χ0) is 27.3. The van der Waals surface area contributed by atoms with E-state index in [9.17, 15) is 14.4 Å². The van der Waals surface area contributed by atoms with Gasteiger partial charge in [-0.25, -0.2) is 5.43 Å². The summed E-state index contributed by atoms with van der Waals surface area (Å²) in [5.41, 5.74) is 4.88. The number of carbonyl (C=O) groups is 3. The van der Waals surface area contributed by atoms with Crippen molar-refractivity contribution >= 4 is 51.2 Å². The van der Waals surface area contributed by atoms with E-state index in [2.05, 4.69) is 44.0 Å². The summed E-state index contributed by atoms with van der Waals surface area (Å²) in [6, 6.07) is 19.1. The summed E-state index contributed by atoms with van der Waals surface area (Å²) in [6.07, 6.45) is 3.36. The Kier molecular flexibility index (Phi) is 10.9. The average Bonchev–Trinajstić information content (AvgIpc) is 2.90. The van der Waals surface area contributed by atoms with Crippen molar-refractivity contribution in [2.75, 3.05) is 23.8 Å². The lowest BCUT2D eigenvalue weighted by Gasteiger charge is -2.10. The van der Waals surface area contributed by atoms with Crippen LogP contribution in [0.1, 0.15) is 30.9 Å². The molecule has 198 valence electrons. The molecule has 0 aliphatic carbocycles. The Morgan fingerprint density at radius 1 is 0.921 bits per heavy atom. The third-order valence-corrected chi connectivity index (χ3v) is 5.65. The zero-order valence-electron chi connectivity index (χ0n) is 21.1. The number of aryl methyl sites for hydroxylation is 1. The van der Waals surface area contributed by atoms with E-state index in [-0.39, 0.29) is 12.5 Å². The summed E-state index contributed by atoms with van der Waals surface area (Å²) in [4.78, 5) is 36.5. The van der Waals surface area contributed by atoms with Crippen LogP contribution in [-0.4, -0.2) is 37.1 Å². The number of nitrogens with zero attached hydrogens (tertiary/aromatic N) is 1. The van der Waals surface area contributed by atoms with E-state index >= 15 is 0 Å². The van der Waals surface area contributed by atoms with Crippen LogP contribution in [-0.2, 0) is 14.4 Å². The lowest BCUT2D eigenvalue weighted by Crippen LogP contribution is -2.32. The Morgan fingerprint density at radius 2 is 1.71 bits per heavy atom. The molecule has 3 aromatic carbocycles. The first-order chi connectivity index (χ1) is 18.3. The van der Waals surface area contributed by atoms with E-state index in [0.29, 0.717) is 35.0 Å². The van der Waals surface area contributed by atoms with Crippen molar-refractivity contribution < 1.29 is 23.9 Å². The number of amides is 3. The number of carbonyl (C=O) groups excluding carboxylic acids is 3. The molecule has 0 aliphatic heterocycles. The van der Waals surface area contributed by atoms with E-state index in [1.165, 1.54) is 6.21 Å². The standard InChI is InChI=1S/C28H29BrN4O5/c1-3-4-14-37-23-11-9-22(10-12-23)31-27(35)28(36)33-30-17-20-6-5-7-24(16-20)38-18-26(34)32-25-13-8-21(29)15-19(25)2/h5-13,15-17H,3-4,14,18H2,1-2H3,(H,31,35)(H,32,34)(H,33,36)/b30-17-. The second-order valence-corrected chi connectivity index (χ2v) is 9.16. The minimum Gasteiger partial charge on any atom is -0.494 e. The van der Waals surface area contributed by atoms with Gasteiger partial charge in [0.25, 0.3) is 5.91 Å². The van der Waals surface area contributed by atoms with Crippen LogP contribution in [0.2, 0.25) is 0 Å². The average molecular weight is 581 g/mol. The fourth-order valence-corrected chi connectivity index (χ4v) is 3.64. The molecule has 3 aromatic rings. The quantitative estimate of drug-likeness (QED) is 0.127. The molecule has 38 heavy (non-hydrogen) atoms. The maximum Gasteiger partial charge on any atom is 0.329 e. The Morgan fingerprint density at radius 3 is 2.45 bits per heavy atom. The van der Waals surface area contributed by atoms with Gasteiger partial charge >= 0.3 is 11.8 Å². The van der Waals surface area contributed by atoms with Gasteiger partial charge in [0.15, 0.2) is 6.61 Å². The molecule has 0 unspecified atom stereocenters. The topological polar surface area (TPSA) is 118 Å².